The number of aromatic nitrogens is 4. The Morgan fingerprint density at radius 2 is 2.00 bits per heavy atom. The first-order valence-electron chi connectivity index (χ1n) is 9.61. The van der Waals surface area contributed by atoms with Crippen molar-refractivity contribution < 1.29 is 0 Å². The van der Waals surface area contributed by atoms with Gasteiger partial charge in [-0.15, -0.1) is 0 Å². The van der Waals surface area contributed by atoms with Crippen molar-refractivity contribution in [3.05, 3.63) is 66.2 Å². The second-order valence-electron chi connectivity index (χ2n) is 7.20. The molecule has 2 aromatic heterocycles. The highest BCUT2D eigenvalue weighted by Gasteiger charge is 2.23. The summed E-state index contributed by atoms with van der Waals surface area (Å²) in [6, 6.07) is 13.0. The average Bonchev–Trinajstić information content (AvgIpc) is 3.32. The molecule has 0 spiro atoms. The van der Waals surface area contributed by atoms with E-state index < -0.39 is 0 Å². The molecule has 0 saturated carbocycles. The highest BCUT2D eigenvalue weighted by atomic mass is 15.3. The number of likely N-dealkylation sites (tertiary alicyclic amines) is 1. The predicted molar refractivity (Wildman–Crippen MR) is 103 cm³/mol. The fourth-order valence-electron chi connectivity index (χ4n) is 3.89. The van der Waals surface area contributed by atoms with Gasteiger partial charge in [0.15, 0.2) is 0 Å². The van der Waals surface area contributed by atoms with E-state index >= 15 is 0 Å². The van der Waals surface area contributed by atoms with Crippen LogP contribution in [0.3, 0.4) is 0 Å². The first-order valence-corrected chi connectivity index (χ1v) is 9.61. The Morgan fingerprint density at radius 1 is 1.12 bits per heavy atom. The second-order valence-corrected chi connectivity index (χ2v) is 7.20. The monoisotopic (exact) mass is 349 g/mol. The van der Waals surface area contributed by atoms with Gasteiger partial charge in [-0.3, -0.25) is 9.58 Å². The minimum Gasteiger partial charge on any atom is -0.296 e. The highest BCUT2D eigenvalue weighted by molar-refractivity contribution is 5.32. The number of hydrogen-bond acceptors (Lipinski definition) is 3. The molecule has 1 aliphatic rings. The third-order valence-corrected chi connectivity index (χ3v) is 5.39. The van der Waals surface area contributed by atoms with E-state index in [0.29, 0.717) is 6.04 Å². The van der Waals surface area contributed by atoms with Gasteiger partial charge in [0.25, 0.3) is 0 Å². The summed E-state index contributed by atoms with van der Waals surface area (Å²) in [5.74, 6) is 0. The van der Waals surface area contributed by atoms with Gasteiger partial charge < -0.3 is 0 Å². The Bertz CT molecular complexity index is 806. The zero-order valence-electron chi connectivity index (χ0n) is 15.5. The molecule has 5 heteroatoms. The Kier molecular flexibility index (Phi) is 5.16. The van der Waals surface area contributed by atoms with Crippen LogP contribution in [0.1, 0.15) is 36.9 Å². The Hall–Kier alpha value is -2.40. The van der Waals surface area contributed by atoms with Crippen LogP contribution in [0.2, 0.25) is 0 Å². The van der Waals surface area contributed by atoms with Crippen LogP contribution in [0.5, 0.6) is 0 Å². The molecule has 1 atom stereocenters. The SMILES string of the molecule is Cc1nn(-c2ccccc2)cc1CN1CCCC[C@H]1CCn1cccn1. The van der Waals surface area contributed by atoms with E-state index in [1.54, 1.807) is 0 Å². The lowest BCUT2D eigenvalue weighted by atomic mass is 9.98. The number of aryl methyl sites for hydroxylation is 2. The lowest BCUT2D eigenvalue weighted by Gasteiger charge is -2.35. The summed E-state index contributed by atoms with van der Waals surface area (Å²) in [7, 11) is 0. The molecule has 3 aromatic rings. The van der Waals surface area contributed by atoms with Gasteiger partial charge in [0, 0.05) is 43.3 Å². The van der Waals surface area contributed by atoms with E-state index in [4.69, 9.17) is 5.10 Å². The van der Waals surface area contributed by atoms with Gasteiger partial charge >= 0.3 is 0 Å². The number of hydrogen-bond donors (Lipinski definition) is 0. The van der Waals surface area contributed by atoms with Crippen molar-refractivity contribution in [2.45, 2.75) is 51.7 Å². The summed E-state index contributed by atoms with van der Waals surface area (Å²) in [5.41, 5.74) is 3.58. The number of nitrogens with zero attached hydrogens (tertiary/aromatic N) is 5. The lowest BCUT2D eigenvalue weighted by Crippen LogP contribution is -2.39. The standard InChI is InChI=1S/C21H27N5/c1-18-19(17-26(23-18)21-9-3-2-4-10-21)16-24-13-6-5-8-20(24)11-15-25-14-7-12-22-25/h2-4,7,9-10,12,14,17,20H,5-6,8,11,13,15-16H2,1H3/t20-/m0/s1. The van der Waals surface area contributed by atoms with Gasteiger partial charge in [-0.1, -0.05) is 24.6 Å². The fraction of sp³-hybridized carbons (Fsp3) is 0.429. The average molecular weight is 349 g/mol. The summed E-state index contributed by atoms with van der Waals surface area (Å²) >= 11 is 0. The van der Waals surface area contributed by atoms with Gasteiger partial charge in [0.05, 0.1) is 11.4 Å². The number of rotatable bonds is 6. The summed E-state index contributed by atoms with van der Waals surface area (Å²) in [4.78, 5) is 2.65. The zero-order chi connectivity index (χ0) is 17.8. The van der Waals surface area contributed by atoms with Crippen LogP contribution in [-0.2, 0) is 13.1 Å². The molecule has 0 aliphatic carbocycles. The van der Waals surface area contributed by atoms with Crippen LogP contribution in [0.15, 0.2) is 55.0 Å². The third-order valence-electron chi connectivity index (χ3n) is 5.39. The third kappa shape index (κ3) is 3.88. The molecule has 4 rings (SSSR count). The molecule has 136 valence electrons. The Morgan fingerprint density at radius 3 is 2.81 bits per heavy atom. The minimum atomic E-state index is 0.632. The van der Waals surface area contributed by atoms with Crippen LogP contribution < -0.4 is 0 Å². The van der Waals surface area contributed by atoms with Crippen LogP contribution in [0, 0.1) is 6.92 Å². The maximum Gasteiger partial charge on any atom is 0.0645 e. The molecule has 0 unspecified atom stereocenters. The molecule has 5 nitrogen and oxygen atoms in total. The van der Waals surface area contributed by atoms with Crippen molar-refractivity contribution in [1.29, 1.82) is 0 Å². The molecule has 1 aromatic carbocycles. The molecular weight excluding hydrogens is 322 g/mol. The molecular formula is C21H27N5. The number of piperidine rings is 1. The molecule has 1 saturated heterocycles. The summed E-state index contributed by atoms with van der Waals surface area (Å²) in [6.45, 7) is 5.29. The first-order chi connectivity index (χ1) is 12.8. The van der Waals surface area contributed by atoms with Gasteiger partial charge in [0.2, 0.25) is 0 Å². The van der Waals surface area contributed by atoms with E-state index in [0.717, 1.165) is 30.9 Å². The minimum absolute atomic E-state index is 0.632. The van der Waals surface area contributed by atoms with Gasteiger partial charge in [-0.25, -0.2) is 4.68 Å². The molecule has 0 N–H and O–H groups in total. The molecule has 0 radical (unpaired) electrons. The van der Waals surface area contributed by atoms with Crippen molar-refractivity contribution in [2.24, 2.45) is 0 Å². The molecule has 3 heterocycles. The largest absolute Gasteiger partial charge is 0.296 e. The van der Waals surface area contributed by atoms with Crippen LogP contribution in [0.25, 0.3) is 5.69 Å². The second kappa shape index (κ2) is 7.87. The van der Waals surface area contributed by atoms with Gasteiger partial charge in [0.1, 0.15) is 0 Å². The topological polar surface area (TPSA) is 38.9 Å². The van der Waals surface area contributed by atoms with E-state index in [9.17, 15) is 0 Å². The maximum absolute atomic E-state index is 4.73. The van der Waals surface area contributed by atoms with Gasteiger partial charge in [-0.2, -0.15) is 10.2 Å². The normalized spacial score (nSPS) is 18.3. The summed E-state index contributed by atoms with van der Waals surface area (Å²) in [6.07, 6.45) is 11.2. The number of benzene rings is 1. The highest BCUT2D eigenvalue weighted by Crippen LogP contribution is 2.24. The Labute approximate surface area is 155 Å². The van der Waals surface area contributed by atoms with Crippen molar-refractivity contribution in [3.8, 4) is 5.69 Å². The quantitative estimate of drug-likeness (QED) is 0.679. The molecule has 1 fully saturated rings. The van der Waals surface area contributed by atoms with E-state index in [1.165, 1.54) is 31.4 Å². The van der Waals surface area contributed by atoms with E-state index in [2.05, 4.69) is 53.6 Å². The van der Waals surface area contributed by atoms with Gasteiger partial charge in [-0.05, 0) is 50.9 Å². The van der Waals surface area contributed by atoms with Crippen molar-refractivity contribution in [1.82, 2.24) is 24.5 Å². The molecule has 1 aliphatic heterocycles. The van der Waals surface area contributed by atoms with Crippen LogP contribution in [0.4, 0.5) is 0 Å². The maximum atomic E-state index is 4.73. The lowest BCUT2D eigenvalue weighted by molar-refractivity contribution is 0.127. The zero-order valence-corrected chi connectivity index (χ0v) is 15.5. The molecule has 0 bridgehead atoms. The van der Waals surface area contributed by atoms with E-state index in [1.807, 2.05) is 27.7 Å². The smallest absolute Gasteiger partial charge is 0.0645 e. The molecule has 26 heavy (non-hydrogen) atoms. The van der Waals surface area contributed by atoms with Crippen molar-refractivity contribution >= 4 is 0 Å². The first kappa shape index (κ1) is 17.0. The fourth-order valence-corrected chi connectivity index (χ4v) is 3.89. The van der Waals surface area contributed by atoms with Crippen molar-refractivity contribution in [2.75, 3.05) is 6.54 Å². The van der Waals surface area contributed by atoms with Crippen LogP contribution >= 0.6 is 0 Å². The van der Waals surface area contributed by atoms with Crippen LogP contribution in [-0.4, -0.2) is 37.0 Å². The van der Waals surface area contributed by atoms with E-state index in [-0.39, 0.29) is 0 Å². The Balaban J connectivity index is 1.45. The van der Waals surface area contributed by atoms with Crippen molar-refractivity contribution in [3.63, 3.8) is 0 Å². The summed E-state index contributed by atoms with van der Waals surface area (Å²) in [5, 5.41) is 9.08. The summed E-state index contributed by atoms with van der Waals surface area (Å²) < 4.78 is 4.05. The molecule has 0 amide bonds. The number of para-hydroxylation sites is 1. The predicted octanol–water partition coefficient (Wildman–Crippen LogP) is 3.82.